The molecule has 0 radical (unpaired) electrons. The molecule has 0 aliphatic carbocycles. The molecule has 1 N–H and O–H groups in total. The number of hydrogen-bond acceptors (Lipinski definition) is 2. The molecule has 0 saturated heterocycles. The SMILES string of the molecule is CCOCc1ccc(CC(=O)O)cc1Br. The molecule has 1 aromatic rings. The van der Waals surface area contributed by atoms with Crippen molar-refractivity contribution in [3.63, 3.8) is 0 Å². The van der Waals surface area contributed by atoms with Crippen molar-refractivity contribution in [2.45, 2.75) is 20.0 Å². The lowest BCUT2D eigenvalue weighted by atomic mass is 10.1. The lowest BCUT2D eigenvalue weighted by molar-refractivity contribution is -0.136. The maximum atomic E-state index is 10.5. The van der Waals surface area contributed by atoms with Crippen molar-refractivity contribution in [2.24, 2.45) is 0 Å². The van der Waals surface area contributed by atoms with Crippen LogP contribution in [0.5, 0.6) is 0 Å². The standard InChI is InChI=1S/C11H13BrO3/c1-2-15-7-9-4-3-8(5-10(9)12)6-11(13)14/h3-5H,2,6-7H2,1H3,(H,13,14). The smallest absolute Gasteiger partial charge is 0.307 e. The molecular weight excluding hydrogens is 260 g/mol. The zero-order chi connectivity index (χ0) is 11.3. The van der Waals surface area contributed by atoms with Gasteiger partial charge in [0.1, 0.15) is 0 Å². The van der Waals surface area contributed by atoms with Gasteiger partial charge < -0.3 is 9.84 Å². The van der Waals surface area contributed by atoms with E-state index in [0.717, 1.165) is 15.6 Å². The maximum absolute atomic E-state index is 10.5. The average Bonchev–Trinajstić information content (AvgIpc) is 2.15. The van der Waals surface area contributed by atoms with Crippen LogP contribution in [0.1, 0.15) is 18.1 Å². The Morgan fingerprint density at radius 1 is 1.53 bits per heavy atom. The Morgan fingerprint density at radius 3 is 2.80 bits per heavy atom. The van der Waals surface area contributed by atoms with E-state index >= 15 is 0 Å². The molecule has 0 aliphatic heterocycles. The van der Waals surface area contributed by atoms with Crippen LogP contribution in [0.25, 0.3) is 0 Å². The van der Waals surface area contributed by atoms with Crippen LogP contribution < -0.4 is 0 Å². The summed E-state index contributed by atoms with van der Waals surface area (Å²) in [7, 11) is 0. The van der Waals surface area contributed by atoms with Crippen LogP contribution in [0.3, 0.4) is 0 Å². The molecule has 15 heavy (non-hydrogen) atoms. The Bertz CT molecular complexity index is 350. The normalized spacial score (nSPS) is 10.3. The Morgan fingerprint density at radius 2 is 2.27 bits per heavy atom. The number of halogens is 1. The molecule has 0 spiro atoms. The predicted molar refractivity (Wildman–Crippen MR) is 60.8 cm³/mol. The second-order valence-corrected chi connectivity index (χ2v) is 3.99. The summed E-state index contributed by atoms with van der Waals surface area (Å²) in [6.45, 7) is 3.15. The molecule has 0 atom stereocenters. The molecular formula is C11H13BrO3. The molecule has 3 nitrogen and oxygen atoms in total. The van der Waals surface area contributed by atoms with Crippen LogP contribution in [0, 0.1) is 0 Å². The molecule has 1 aromatic carbocycles. The van der Waals surface area contributed by atoms with Gasteiger partial charge in [-0.2, -0.15) is 0 Å². The van der Waals surface area contributed by atoms with Crippen molar-refractivity contribution in [1.82, 2.24) is 0 Å². The van der Waals surface area contributed by atoms with E-state index in [1.165, 1.54) is 0 Å². The van der Waals surface area contributed by atoms with Crippen molar-refractivity contribution < 1.29 is 14.6 Å². The van der Waals surface area contributed by atoms with Crippen molar-refractivity contribution in [3.05, 3.63) is 33.8 Å². The lowest BCUT2D eigenvalue weighted by Crippen LogP contribution is -2.01. The van der Waals surface area contributed by atoms with E-state index in [9.17, 15) is 4.79 Å². The van der Waals surface area contributed by atoms with Gasteiger partial charge >= 0.3 is 5.97 Å². The number of aliphatic carboxylic acids is 1. The summed E-state index contributed by atoms with van der Waals surface area (Å²) < 4.78 is 6.17. The summed E-state index contributed by atoms with van der Waals surface area (Å²) in [4.78, 5) is 10.5. The Labute approximate surface area is 97.2 Å². The first-order valence-corrected chi connectivity index (χ1v) is 5.49. The van der Waals surface area contributed by atoms with Crippen molar-refractivity contribution in [1.29, 1.82) is 0 Å². The molecule has 0 bridgehead atoms. The summed E-state index contributed by atoms with van der Waals surface area (Å²) >= 11 is 3.39. The minimum atomic E-state index is -0.820. The van der Waals surface area contributed by atoms with Crippen molar-refractivity contribution in [3.8, 4) is 0 Å². The average molecular weight is 273 g/mol. The monoisotopic (exact) mass is 272 g/mol. The fourth-order valence-corrected chi connectivity index (χ4v) is 1.75. The third-order valence-electron chi connectivity index (χ3n) is 1.93. The third-order valence-corrected chi connectivity index (χ3v) is 2.67. The topological polar surface area (TPSA) is 46.5 Å². The van der Waals surface area contributed by atoms with E-state index in [1.54, 1.807) is 0 Å². The highest BCUT2D eigenvalue weighted by molar-refractivity contribution is 9.10. The van der Waals surface area contributed by atoms with Crippen LogP contribution in [-0.2, 0) is 22.6 Å². The maximum Gasteiger partial charge on any atom is 0.307 e. The highest BCUT2D eigenvalue weighted by atomic mass is 79.9. The lowest BCUT2D eigenvalue weighted by Gasteiger charge is -2.06. The van der Waals surface area contributed by atoms with Crippen molar-refractivity contribution in [2.75, 3.05) is 6.61 Å². The molecule has 0 saturated carbocycles. The number of carboxylic acid groups (broad SMARTS) is 1. The fourth-order valence-electron chi connectivity index (χ4n) is 1.20. The van der Waals surface area contributed by atoms with E-state index in [4.69, 9.17) is 9.84 Å². The zero-order valence-electron chi connectivity index (χ0n) is 8.50. The Kier molecular flexibility index (Phi) is 4.78. The van der Waals surface area contributed by atoms with Gasteiger partial charge in [-0.15, -0.1) is 0 Å². The molecule has 4 heteroatoms. The molecule has 1 rings (SSSR count). The van der Waals surface area contributed by atoms with Gasteiger partial charge in [-0.3, -0.25) is 4.79 Å². The molecule has 0 unspecified atom stereocenters. The Hall–Kier alpha value is -0.870. The predicted octanol–water partition coefficient (Wildman–Crippen LogP) is 2.61. The highest BCUT2D eigenvalue weighted by Crippen LogP contribution is 2.19. The highest BCUT2D eigenvalue weighted by Gasteiger charge is 2.04. The van der Waals surface area contributed by atoms with E-state index < -0.39 is 5.97 Å². The molecule has 0 aliphatic rings. The Balaban J connectivity index is 2.74. The number of ether oxygens (including phenoxy) is 1. The van der Waals surface area contributed by atoms with Crippen LogP contribution in [0.15, 0.2) is 22.7 Å². The first-order chi connectivity index (χ1) is 7.13. The van der Waals surface area contributed by atoms with Crippen LogP contribution in [0.4, 0.5) is 0 Å². The first-order valence-electron chi connectivity index (χ1n) is 4.70. The molecule has 0 aromatic heterocycles. The molecule has 0 amide bonds. The summed E-state index contributed by atoms with van der Waals surface area (Å²) in [5, 5.41) is 8.63. The minimum absolute atomic E-state index is 0.0491. The zero-order valence-corrected chi connectivity index (χ0v) is 10.1. The van der Waals surface area contributed by atoms with Gasteiger partial charge in [0, 0.05) is 11.1 Å². The van der Waals surface area contributed by atoms with E-state index in [1.807, 2.05) is 25.1 Å². The second kappa shape index (κ2) is 5.88. The van der Waals surface area contributed by atoms with Gasteiger partial charge in [0.05, 0.1) is 13.0 Å². The first kappa shape index (κ1) is 12.2. The summed E-state index contributed by atoms with van der Waals surface area (Å²) in [5.74, 6) is -0.820. The number of carbonyl (C=O) groups is 1. The van der Waals surface area contributed by atoms with Gasteiger partial charge in [-0.1, -0.05) is 28.1 Å². The van der Waals surface area contributed by atoms with Crippen LogP contribution in [-0.4, -0.2) is 17.7 Å². The van der Waals surface area contributed by atoms with E-state index in [2.05, 4.69) is 15.9 Å². The van der Waals surface area contributed by atoms with Gasteiger partial charge in [0.25, 0.3) is 0 Å². The van der Waals surface area contributed by atoms with Crippen molar-refractivity contribution >= 4 is 21.9 Å². The quantitative estimate of drug-likeness (QED) is 0.897. The molecule has 0 heterocycles. The van der Waals surface area contributed by atoms with Crippen LogP contribution in [0.2, 0.25) is 0 Å². The fraction of sp³-hybridized carbons (Fsp3) is 0.364. The van der Waals surface area contributed by atoms with Gasteiger partial charge in [-0.25, -0.2) is 0 Å². The number of benzene rings is 1. The van der Waals surface area contributed by atoms with Crippen LogP contribution >= 0.6 is 15.9 Å². The third kappa shape index (κ3) is 4.01. The molecule has 82 valence electrons. The van der Waals surface area contributed by atoms with Gasteiger partial charge in [-0.05, 0) is 24.1 Å². The largest absolute Gasteiger partial charge is 0.481 e. The van der Waals surface area contributed by atoms with Gasteiger partial charge in [0.15, 0.2) is 0 Å². The number of carboxylic acids is 1. The number of hydrogen-bond donors (Lipinski definition) is 1. The minimum Gasteiger partial charge on any atom is -0.481 e. The molecule has 0 fully saturated rings. The second-order valence-electron chi connectivity index (χ2n) is 3.13. The van der Waals surface area contributed by atoms with Gasteiger partial charge in [0.2, 0.25) is 0 Å². The number of rotatable bonds is 5. The van der Waals surface area contributed by atoms with E-state index in [-0.39, 0.29) is 6.42 Å². The summed E-state index contributed by atoms with van der Waals surface area (Å²) in [5.41, 5.74) is 1.82. The van der Waals surface area contributed by atoms with E-state index in [0.29, 0.717) is 13.2 Å². The summed E-state index contributed by atoms with van der Waals surface area (Å²) in [6, 6.07) is 5.52. The summed E-state index contributed by atoms with van der Waals surface area (Å²) in [6.07, 6.45) is 0.0491.